The molecule has 33 heavy (non-hydrogen) atoms. The van der Waals surface area contributed by atoms with Crippen LogP contribution in [0.5, 0.6) is 0 Å². The molecule has 1 heterocycles. The predicted molar refractivity (Wildman–Crippen MR) is 140 cm³/mol. The number of carbonyl (C=O) groups is 1. The molecule has 1 saturated heterocycles. The SMILES string of the molecule is CCC(C)C1CC(=O)N(C(C)CC)C1.CCc1ccccc1C.Cc1ccc(C#N)c(Cl)c1. The van der Waals surface area contributed by atoms with Crippen molar-refractivity contribution in [1.29, 1.82) is 5.26 Å². The molecule has 2 aromatic carbocycles. The highest BCUT2D eigenvalue weighted by Gasteiger charge is 2.34. The van der Waals surface area contributed by atoms with Crippen LogP contribution in [0.15, 0.2) is 42.5 Å². The first-order chi connectivity index (χ1) is 15.7. The van der Waals surface area contributed by atoms with Crippen LogP contribution in [-0.2, 0) is 11.2 Å². The van der Waals surface area contributed by atoms with Gasteiger partial charge in [0.25, 0.3) is 0 Å². The standard InChI is InChI=1S/C12H23NO.C9H12.C8H6ClN/c1-5-9(3)11-7-12(14)13(8-11)10(4)6-2;1-3-9-7-5-4-6-8(9)2;1-6-2-3-7(5-10)8(9)4-6/h9-11H,5-8H2,1-4H3;4-7H,3H2,1-2H3;2-4H,1H3. The van der Waals surface area contributed by atoms with E-state index >= 15 is 0 Å². The first-order valence-electron chi connectivity index (χ1n) is 12.2. The summed E-state index contributed by atoms with van der Waals surface area (Å²) in [7, 11) is 0. The summed E-state index contributed by atoms with van der Waals surface area (Å²) in [4.78, 5) is 13.8. The van der Waals surface area contributed by atoms with Crippen molar-refractivity contribution in [3.63, 3.8) is 0 Å². The summed E-state index contributed by atoms with van der Waals surface area (Å²) in [6.07, 6.45) is 4.18. The third-order valence-electron chi connectivity index (χ3n) is 6.65. The van der Waals surface area contributed by atoms with E-state index in [-0.39, 0.29) is 0 Å². The van der Waals surface area contributed by atoms with Gasteiger partial charge in [0.15, 0.2) is 0 Å². The lowest BCUT2D eigenvalue weighted by atomic mass is 9.91. The molecule has 0 bridgehead atoms. The summed E-state index contributed by atoms with van der Waals surface area (Å²) in [6.45, 7) is 16.0. The maximum atomic E-state index is 11.7. The Labute approximate surface area is 206 Å². The van der Waals surface area contributed by atoms with Gasteiger partial charge in [-0.3, -0.25) is 4.79 Å². The van der Waals surface area contributed by atoms with Gasteiger partial charge >= 0.3 is 0 Å². The molecule has 3 atom stereocenters. The average Bonchev–Trinajstić information content (AvgIpc) is 3.21. The second-order valence-electron chi connectivity index (χ2n) is 9.03. The summed E-state index contributed by atoms with van der Waals surface area (Å²) in [5.74, 6) is 1.65. The minimum atomic E-state index is 0.365. The maximum absolute atomic E-state index is 11.7. The number of hydrogen-bond acceptors (Lipinski definition) is 2. The van der Waals surface area contributed by atoms with E-state index < -0.39 is 0 Å². The van der Waals surface area contributed by atoms with Gasteiger partial charge in [0.2, 0.25) is 5.91 Å². The minimum absolute atomic E-state index is 0.365. The molecule has 0 spiro atoms. The minimum Gasteiger partial charge on any atom is -0.340 e. The Hall–Kier alpha value is -2.31. The molecule has 1 aliphatic rings. The van der Waals surface area contributed by atoms with E-state index in [0.717, 1.165) is 31.4 Å². The van der Waals surface area contributed by atoms with Crippen molar-refractivity contribution in [2.45, 2.75) is 80.2 Å². The van der Waals surface area contributed by atoms with Crippen LogP contribution in [-0.4, -0.2) is 23.4 Å². The fourth-order valence-electron chi connectivity index (χ4n) is 3.84. The fraction of sp³-hybridized carbons (Fsp3) is 0.517. The number of rotatable bonds is 5. The van der Waals surface area contributed by atoms with Gasteiger partial charge in [-0.05, 0) is 74.3 Å². The Bertz CT molecular complexity index is 918. The van der Waals surface area contributed by atoms with Gasteiger partial charge in [-0.1, -0.05) is 76.0 Å². The Morgan fingerprint density at radius 3 is 2.24 bits per heavy atom. The lowest BCUT2D eigenvalue weighted by molar-refractivity contribution is -0.129. The second kappa shape index (κ2) is 14.8. The Morgan fingerprint density at radius 1 is 1.09 bits per heavy atom. The molecule has 2 aromatic rings. The molecule has 0 radical (unpaired) electrons. The molecule has 1 aliphatic heterocycles. The van der Waals surface area contributed by atoms with Gasteiger partial charge in [0.05, 0.1) is 10.6 Å². The van der Waals surface area contributed by atoms with Crippen LogP contribution in [0.1, 0.15) is 76.1 Å². The number of nitrogens with zero attached hydrogens (tertiary/aromatic N) is 2. The summed E-state index contributed by atoms with van der Waals surface area (Å²) in [5, 5.41) is 9.00. The number of likely N-dealkylation sites (tertiary alicyclic amines) is 1. The number of carbonyl (C=O) groups excluding carboxylic acids is 1. The molecule has 0 N–H and O–H groups in total. The van der Waals surface area contributed by atoms with E-state index in [0.29, 0.717) is 34.4 Å². The van der Waals surface area contributed by atoms with Crippen LogP contribution in [0.3, 0.4) is 0 Å². The zero-order chi connectivity index (χ0) is 25.0. The smallest absolute Gasteiger partial charge is 0.223 e. The topological polar surface area (TPSA) is 44.1 Å². The number of aryl methyl sites for hydroxylation is 3. The van der Waals surface area contributed by atoms with Crippen molar-refractivity contribution in [1.82, 2.24) is 4.90 Å². The third-order valence-corrected chi connectivity index (χ3v) is 6.96. The molecular formula is C29H41ClN2O. The van der Waals surface area contributed by atoms with Crippen LogP contribution < -0.4 is 0 Å². The van der Waals surface area contributed by atoms with Gasteiger partial charge in [0.1, 0.15) is 6.07 Å². The van der Waals surface area contributed by atoms with E-state index in [1.54, 1.807) is 12.1 Å². The molecule has 180 valence electrons. The van der Waals surface area contributed by atoms with Crippen molar-refractivity contribution >= 4 is 17.5 Å². The van der Waals surface area contributed by atoms with E-state index in [4.69, 9.17) is 16.9 Å². The normalized spacial score (nSPS) is 16.6. The highest BCUT2D eigenvalue weighted by atomic mass is 35.5. The molecular weight excluding hydrogens is 428 g/mol. The number of hydrogen-bond donors (Lipinski definition) is 0. The highest BCUT2D eigenvalue weighted by Crippen LogP contribution is 2.28. The van der Waals surface area contributed by atoms with Crippen molar-refractivity contribution in [2.24, 2.45) is 11.8 Å². The number of benzene rings is 2. The van der Waals surface area contributed by atoms with Crippen molar-refractivity contribution in [3.05, 3.63) is 69.7 Å². The van der Waals surface area contributed by atoms with E-state index in [2.05, 4.69) is 70.7 Å². The van der Waals surface area contributed by atoms with E-state index in [1.807, 2.05) is 19.1 Å². The fourth-order valence-corrected chi connectivity index (χ4v) is 4.12. The second-order valence-corrected chi connectivity index (χ2v) is 9.44. The van der Waals surface area contributed by atoms with Crippen LogP contribution >= 0.6 is 11.6 Å². The predicted octanol–water partition coefficient (Wildman–Crippen LogP) is 7.76. The van der Waals surface area contributed by atoms with Gasteiger partial charge in [-0.2, -0.15) is 5.26 Å². The van der Waals surface area contributed by atoms with E-state index in [9.17, 15) is 4.79 Å². The summed E-state index contributed by atoms with van der Waals surface area (Å²) in [5.41, 5.74) is 4.47. The molecule has 3 nitrogen and oxygen atoms in total. The summed E-state index contributed by atoms with van der Waals surface area (Å²) in [6, 6.07) is 16.3. The van der Waals surface area contributed by atoms with Crippen LogP contribution in [0.25, 0.3) is 0 Å². The molecule has 1 amide bonds. The Balaban J connectivity index is 0.000000255. The molecule has 4 heteroatoms. The Morgan fingerprint density at radius 2 is 1.76 bits per heavy atom. The number of halogens is 1. The van der Waals surface area contributed by atoms with E-state index in [1.165, 1.54) is 17.5 Å². The zero-order valence-corrected chi connectivity index (χ0v) is 22.2. The largest absolute Gasteiger partial charge is 0.340 e. The first-order valence-corrected chi connectivity index (χ1v) is 12.6. The van der Waals surface area contributed by atoms with Gasteiger partial charge < -0.3 is 4.90 Å². The third kappa shape index (κ3) is 9.22. The summed E-state index contributed by atoms with van der Waals surface area (Å²) >= 11 is 5.71. The number of nitriles is 1. The van der Waals surface area contributed by atoms with Crippen molar-refractivity contribution in [3.8, 4) is 6.07 Å². The monoisotopic (exact) mass is 468 g/mol. The lowest BCUT2D eigenvalue weighted by Crippen LogP contribution is -2.34. The van der Waals surface area contributed by atoms with Gasteiger partial charge in [0, 0.05) is 19.0 Å². The quantitative estimate of drug-likeness (QED) is 0.450. The Kier molecular flexibility index (Phi) is 12.8. The van der Waals surface area contributed by atoms with Crippen molar-refractivity contribution < 1.29 is 4.79 Å². The molecule has 3 unspecified atom stereocenters. The molecule has 0 saturated carbocycles. The molecule has 0 aliphatic carbocycles. The lowest BCUT2D eigenvalue weighted by Gasteiger charge is -2.24. The van der Waals surface area contributed by atoms with Gasteiger partial charge in [-0.15, -0.1) is 0 Å². The van der Waals surface area contributed by atoms with Crippen LogP contribution in [0.2, 0.25) is 5.02 Å². The van der Waals surface area contributed by atoms with Gasteiger partial charge in [-0.25, -0.2) is 0 Å². The first kappa shape index (κ1) is 28.7. The average molecular weight is 469 g/mol. The zero-order valence-electron chi connectivity index (χ0n) is 21.5. The van der Waals surface area contributed by atoms with Crippen LogP contribution in [0, 0.1) is 37.0 Å². The maximum Gasteiger partial charge on any atom is 0.223 e. The van der Waals surface area contributed by atoms with Crippen LogP contribution in [0.4, 0.5) is 0 Å². The molecule has 1 fully saturated rings. The molecule has 0 aromatic heterocycles. The summed E-state index contributed by atoms with van der Waals surface area (Å²) < 4.78 is 0. The highest BCUT2D eigenvalue weighted by molar-refractivity contribution is 6.31. The molecule has 3 rings (SSSR count). The van der Waals surface area contributed by atoms with Crippen molar-refractivity contribution in [2.75, 3.05) is 6.54 Å². The number of amides is 1.